The smallest absolute Gasteiger partial charge is 0.224 e. The highest BCUT2D eigenvalue weighted by Crippen LogP contribution is 2.19. The molecule has 2 fully saturated rings. The summed E-state index contributed by atoms with van der Waals surface area (Å²) in [6, 6.07) is 10.8. The van der Waals surface area contributed by atoms with Crippen LogP contribution in [0.4, 0.5) is 0 Å². The molecule has 1 amide bonds. The standard InChI is InChI=1S/C21H33N3O/c1-18(15-23-12-6-3-7-13-23)22-21(25)20-11-8-14-24(17-20)16-19-9-4-2-5-10-19/h2,4-5,9-10,18,20H,3,6-8,11-17H2,1H3,(H,22,25). The molecule has 0 radical (unpaired) electrons. The Bertz CT molecular complexity index is 527. The summed E-state index contributed by atoms with van der Waals surface area (Å²) in [5, 5.41) is 3.27. The van der Waals surface area contributed by atoms with Crippen LogP contribution in [0.2, 0.25) is 0 Å². The molecule has 1 aromatic rings. The lowest BCUT2D eigenvalue weighted by Crippen LogP contribution is -2.48. The first-order valence-corrected chi connectivity index (χ1v) is 10.00. The summed E-state index contributed by atoms with van der Waals surface area (Å²) in [6.07, 6.45) is 6.10. The molecule has 3 rings (SSSR count). The number of rotatable bonds is 6. The first-order valence-electron chi connectivity index (χ1n) is 10.00. The van der Waals surface area contributed by atoms with E-state index in [-0.39, 0.29) is 17.9 Å². The van der Waals surface area contributed by atoms with Crippen molar-refractivity contribution in [2.45, 2.75) is 51.6 Å². The third-order valence-electron chi connectivity index (χ3n) is 5.49. The number of amides is 1. The third kappa shape index (κ3) is 5.82. The zero-order chi connectivity index (χ0) is 17.5. The van der Waals surface area contributed by atoms with Crippen LogP contribution in [0.5, 0.6) is 0 Å². The average molecular weight is 344 g/mol. The summed E-state index contributed by atoms with van der Waals surface area (Å²) in [5.74, 6) is 0.392. The second kappa shape index (κ2) is 9.35. The van der Waals surface area contributed by atoms with E-state index in [9.17, 15) is 4.79 Å². The quantitative estimate of drug-likeness (QED) is 0.863. The molecular weight excluding hydrogens is 310 g/mol. The molecule has 0 aliphatic carbocycles. The van der Waals surface area contributed by atoms with Gasteiger partial charge in [0.05, 0.1) is 5.92 Å². The van der Waals surface area contributed by atoms with Crippen LogP contribution in [-0.2, 0) is 11.3 Å². The van der Waals surface area contributed by atoms with Gasteiger partial charge in [0, 0.05) is 25.7 Å². The number of hydrogen-bond acceptors (Lipinski definition) is 3. The molecule has 2 saturated heterocycles. The lowest BCUT2D eigenvalue weighted by atomic mass is 9.96. The van der Waals surface area contributed by atoms with E-state index in [2.05, 4.69) is 52.4 Å². The number of carbonyl (C=O) groups is 1. The maximum atomic E-state index is 12.7. The van der Waals surface area contributed by atoms with Crippen molar-refractivity contribution >= 4 is 5.91 Å². The van der Waals surface area contributed by atoms with E-state index in [4.69, 9.17) is 0 Å². The Morgan fingerprint density at radius 2 is 1.80 bits per heavy atom. The Morgan fingerprint density at radius 3 is 2.56 bits per heavy atom. The first kappa shape index (κ1) is 18.4. The Kier molecular flexibility index (Phi) is 6.88. The number of nitrogens with zero attached hydrogens (tertiary/aromatic N) is 2. The molecule has 2 heterocycles. The van der Waals surface area contributed by atoms with Crippen LogP contribution in [0.3, 0.4) is 0 Å². The van der Waals surface area contributed by atoms with Crippen LogP contribution in [0.1, 0.15) is 44.6 Å². The summed E-state index contributed by atoms with van der Waals surface area (Å²) in [4.78, 5) is 17.6. The number of likely N-dealkylation sites (tertiary alicyclic amines) is 2. The van der Waals surface area contributed by atoms with E-state index in [1.165, 1.54) is 37.9 Å². The van der Waals surface area contributed by atoms with Crippen LogP contribution in [0.25, 0.3) is 0 Å². The lowest BCUT2D eigenvalue weighted by Gasteiger charge is -2.33. The molecule has 4 heteroatoms. The van der Waals surface area contributed by atoms with Crippen molar-refractivity contribution in [2.24, 2.45) is 5.92 Å². The van der Waals surface area contributed by atoms with Crippen molar-refractivity contribution in [2.75, 3.05) is 32.7 Å². The van der Waals surface area contributed by atoms with Crippen molar-refractivity contribution in [1.29, 1.82) is 0 Å². The number of piperidine rings is 2. The molecule has 0 saturated carbocycles. The van der Waals surface area contributed by atoms with Gasteiger partial charge in [-0.1, -0.05) is 36.8 Å². The van der Waals surface area contributed by atoms with Gasteiger partial charge < -0.3 is 10.2 Å². The van der Waals surface area contributed by atoms with E-state index >= 15 is 0 Å². The predicted molar refractivity (Wildman–Crippen MR) is 102 cm³/mol. The van der Waals surface area contributed by atoms with Gasteiger partial charge in [-0.15, -0.1) is 0 Å². The number of hydrogen-bond donors (Lipinski definition) is 1. The van der Waals surface area contributed by atoms with Gasteiger partial charge in [0.1, 0.15) is 0 Å². The largest absolute Gasteiger partial charge is 0.352 e. The van der Waals surface area contributed by atoms with Crippen molar-refractivity contribution in [1.82, 2.24) is 15.1 Å². The highest BCUT2D eigenvalue weighted by Gasteiger charge is 2.27. The molecule has 0 spiro atoms. The molecule has 2 aliphatic rings. The minimum atomic E-state index is 0.140. The van der Waals surface area contributed by atoms with Gasteiger partial charge in [0.25, 0.3) is 0 Å². The Hall–Kier alpha value is -1.39. The minimum Gasteiger partial charge on any atom is -0.352 e. The minimum absolute atomic E-state index is 0.140. The molecule has 1 aromatic carbocycles. The van der Waals surface area contributed by atoms with Gasteiger partial charge in [-0.25, -0.2) is 0 Å². The summed E-state index contributed by atoms with van der Waals surface area (Å²) < 4.78 is 0. The molecule has 138 valence electrons. The number of carbonyl (C=O) groups excluding carboxylic acids is 1. The SMILES string of the molecule is CC(CN1CCCCC1)NC(=O)C1CCCN(Cc2ccccc2)C1. The average Bonchev–Trinajstić information content (AvgIpc) is 2.63. The highest BCUT2D eigenvalue weighted by molar-refractivity contribution is 5.79. The monoisotopic (exact) mass is 343 g/mol. The molecule has 25 heavy (non-hydrogen) atoms. The maximum absolute atomic E-state index is 12.7. The summed E-state index contributed by atoms with van der Waals surface area (Å²) in [5.41, 5.74) is 1.34. The zero-order valence-corrected chi connectivity index (χ0v) is 15.6. The van der Waals surface area contributed by atoms with Gasteiger partial charge in [-0.3, -0.25) is 9.69 Å². The van der Waals surface area contributed by atoms with E-state index < -0.39 is 0 Å². The Labute approximate surface area is 152 Å². The van der Waals surface area contributed by atoms with Gasteiger partial charge in [0.2, 0.25) is 5.91 Å². The van der Waals surface area contributed by atoms with Crippen LogP contribution < -0.4 is 5.32 Å². The zero-order valence-electron chi connectivity index (χ0n) is 15.6. The first-order chi connectivity index (χ1) is 12.2. The molecular formula is C21H33N3O. The van der Waals surface area contributed by atoms with Crippen molar-refractivity contribution in [3.8, 4) is 0 Å². The number of benzene rings is 1. The molecule has 4 nitrogen and oxygen atoms in total. The van der Waals surface area contributed by atoms with Crippen LogP contribution in [0.15, 0.2) is 30.3 Å². The fourth-order valence-corrected chi connectivity index (χ4v) is 4.19. The third-order valence-corrected chi connectivity index (χ3v) is 5.49. The summed E-state index contributed by atoms with van der Waals surface area (Å²) in [7, 11) is 0. The maximum Gasteiger partial charge on any atom is 0.224 e. The normalized spacial score (nSPS) is 24.0. The molecule has 2 unspecified atom stereocenters. The lowest BCUT2D eigenvalue weighted by molar-refractivity contribution is -0.127. The van der Waals surface area contributed by atoms with Crippen molar-refractivity contribution in [3.05, 3.63) is 35.9 Å². The molecule has 1 N–H and O–H groups in total. The molecule has 0 bridgehead atoms. The highest BCUT2D eigenvalue weighted by atomic mass is 16.2. The van der Waals surface area contributed by atoms with Crippen molar-refractivity contribution in [3.63, 3.8) is 0 Å². The van der Waals surface area contributed by atoms with E-state index in [1.807, 2.05) is 0 Å². The van der Waals surface area contributed by atoms with E-state index in [0.29, 0.717) is 0 Å². The fraction of sp³-hybridized carbons (Fsp3) is 0.667. The van der Waals surface area contributed by atoms with Crippen LogP contribution in [-0.4, -0.2) is 54.5 Å². The van der Waals surface area contributed by atoms with E-state index in [0.717, 1.165) is 39.0 Å². The molecule has 2 atom stereocenters. The van der Waals surface area contributed by atoms with Gasteiger partial charge in [-0.2, -0.15) is 0 Å². The number of nitrogens with one attached hydrogen (secondary N) is 1. The van der Waals surface area contributed by atoms with Crippen LogP contribution >= 0.6 is 0 Å². The Morgan fingerprint density at radius 1 is 1.08 bits per heavy atom. The Balaban J connectivity index is 1.44. The fourth-order valence-electron chi connectivity index (χ4n) is 4.19. The second-order valence-electron chi connectivity index (χ2n) is 7.83. The molecule has 0 aromatic heterocycles. The van der Waals surface area contributed by atoms with Gasteiger partial charge in [-0.05, 0) is 57.8 Å². The van der Waals surface area contributed by atoms with Crippen LogP contribution in [0, 0.1) is 5.92 Å². The molecule has 2 aliphatic heterocycles. The van der Waals surface area contributed by atoms with E-state index in [1.54, 1.807) is 0 Å². The summed E-state index contributed by atoms with van der Waals surface area (Å²) >= 11 is 0. The van der Waals surface area contributed by atoms with Gasteiger partial charge in [0.15, 0.2) is 0 Å². The topological polar surface area (TPSA) is 35.6 Å². The summed E-state index contributed by atoms with van der Waals surface area (Å²) in [6.45, 7) is 8.46. The van der Waals surface area contributed by atoms with Gasteiger partial charge >= 0.3 is 0 Å². The van der Waals surface area contributed by atoms with Crippen molar-refractivity contribution < 1.29 is 4.79 Å². The predicted octanol–water partition coefficient (Wildman–Crippen LogP) is 2.89. The second-order valence-corrected chi connectivity index (χ2v) is 7.83.